The number of hydrogen-bond acceptors (Lipinski definition) is 5. The Hall–Kier alpha value is -0.550. The van der Waals surface area contributed by atoms with Crippen molar-refractivity contribution < 1.29 is 4.42 Å². The third-order valence-electron chi connectivity index (χ3n) is 2.05. The van der Waals surface area contributed by atoms with E-state index in [1.54, 1.807) is 0 Å². The summed E-state index contributed by atoms with van der Waals surface area (Å²) in [5.74, 6) is 2.66. The summed E-state index contributed by atoms with van der Waals surface area (Å²) < 4.78 is 5.48. The maximum atomic E-state index is 5.48. The number of nitrogens with two attached hydrogens (primary N) is 1. The summed E-state index contributed by atoms with van der Waals surface area (Å²) in [6, 6.07) is 0. The Kier molecular flexibility index (Phi) is 2.85. The molecule has 1 fully saturated rings. The second-order valence-electron chi connectivity index (χ2n) is 3.07. The fourth-order valence-corrected chi connectivity index (χ4v) is 2.58. The van der Waals surface area contributed by atoms with Crippen LogP contribution >= 0.6 is 11.8 Å². The summed E-state index contributed by atoms with van der Waals surface area (Å²) in [5.41, 5.74) is 5.39. The first kappa shape index (κ1) is 9.02. The van der Waals surface area contributed by atoms with E-state index >= 15 is 0 Å². The molecule has 1 aliphatic heterocycles. The van der Waals surface area contributed by atoms with Gasteiger partial charge in [-0.2, -0.15) is 0 Å². The molecule has 2 heterocycles. The van der Waals surface area contributed by atoms with E-state index in [-0.39, 0.29) is 0 Å². The Bertz CT molecular complexity index is 270. The van der Waals surface area contributed by atoms with Crippen molar-refractivity contribution in [2.75, 3.05) is 12.3 Å². The second-order valence-corrected chi connectivity index (χ2v) is 4.38. The van der Waals surface area contributed by atoms with Crippen molar-refractivity contribution in [3.05, 3.63) is 11.8 Å². The average molecular weight is 199 g/mol. The SMILES string of the molecule is NCCc1nnc(C2CCCS2)o1. The van der Waals surface area contributed by atoms with Gasteiger partial charge in [0.2, 0.25) is 11.8 Å². The molecular formula is C8H13N3OS. The molecule has 0 amide bonds. The molecule has 1 aromatic rings. The minimum Gasteiger partial charge on any atom is -0.424 e. The summed E-state index contributed by atoms with van der Waals surface area (Å²) in [4.78, 5) is 0. The Balaban J connectivity index is 2.03. The lowest BCUT2D eigenvalue weighted by Crippen LogP contribution is -2.02. The van der Waals surface area contributed by atoms with E-state index in [4.69, 9.17) is 10.2 Å². The maximum absolute atomic E-state index is 5.48. The summed E-state index contributed by atoms with van der Waals surface area (Å²) in [6.07, 6.45) is 3.10. The molecule has 0 spiro atoms. The zero-order valence-electron chi connectivity index (χ0n) is 7.40. The third-order valence-corrected chi connectivity index (χ3v) is 3.41. The summed E-state index contributed by atoms with van der Waals surface area (Å²) in [6.45, 7) is 0.569. The summed E-state index contributed by atoms with van der Waals surface area (Å²) >= 11 is 1.90. The van der Waals surface area contributed by atoms with Gasteiger partial charge in [-0.1, -0.05) is 0 Å². The van der Waals surface area contributed by atoms with Gasteiger partial charge in [0.15, 0.2) is 0 Å². The van der Waals surface area contributed by atoms with Gasteiger partial charge in [-0.15, -0.1) is 22.0 Å². The molecule has 4 nitrogen and oxygen atoms in total. The van der Waals surface area contributed by atoms with Crippen molar-refractivity contribution in [1.29, 1.82) is 0 Å². The Morgan fingerprint density at radius 1 is 1.54 bits per heavy atom. The lowest BCUT2D eigenvalue weighted by Gasteiger charge is -1.99. The number of rotatable bonds is 3. The van der Waals surface area contributed by atoms with Gasteiger partial charge in [0.25, 0.3) is 0 Å². The molecule has 1 aromatic heterocycles. The number of hydrogen-bond donors (Lipinski definition) is 1. The standard InChI is InChI=1S/C8H13N3OS/c9-4-3-7-10-11-8(12-7)6-2-1-5-13-6/h6H,1-5,9H2. The minimum atomic E-state index is 0.430. The van der Waals surface area contributed by atoms with Crippen molar-refractivity contribution in [1.82, 2.24) is 10.2 Å². The van der Waals surface area contributed by atoms with E-state index in [2.05, 4.69) is 10.2 Å². The molecule has 0 radical (unpaired) electrons. The molecule has 1 aliphatic rings. The molecule has 0 aliphatic carbocycles. The average Bonchev–Trinajstić information content (AvgIpc) is 2.70. The van der Waals surface area contributed by atoms with E-state index in [9.17, 15) is 0 Å². The second kappa shape index (κ2) is 4.11. The molecule has 0 saturated carbocycles. The highest BCUT2D eigenvalue weighted by atomic mass is 32.2. The Labute approximate surface area is 81.3 Å². The van der Waals surface area contributed by atoms with Crippen molar-refractivity contribution in [2.24, 2.45) is 5.73 Å². The van der Waals surface area contributed by atoms with Gasteiger partial charge in [0.1, 0.15) is 0 Å². The van der Waals surface area contributed by atoms with Crippen LogP contribution in [0.3, 0.4) is 0 Å². The molecule has 2 N–H and O–H groups in total. The number of aromatic nitrogens is 2. The van der Waals surface area contributed by atoms with E-state index in [0.717, 1.165) is 12.3 Å². The van der Waals surface area contributed by atoms with E-state index in [1.807, 2.05) is 11.8 Å². The molecule has 72 valence electrons. The van der Waals surface area contributed by atoms with Gasteiger partial charge in [-0.3, -0.25) is 0 Å². The maximum Gasteiger partial charge on any atom is 0.229 e. The largest absolute Gasteiger partial charge is 0.424 e. The topological polar surface area (TPSA) is 64.9 Å². The Morgan fingerprint density at radius 3 is 3.15 bits per heavy atom. The van der Waals surface area contributed by atoms with E-state index in [0.29, 0.717) is 24.1 Å². The molecule has 2 rings (SSSR count). The van der Waals surface area contributed by atoms with Crippen molar-refractivity contribution in [3.8, 4) is 0 Å². The highest BCUT2D eigenvalue weighted by molar-refractivity contribution is 7.99. The van der Waals surface area contributed by atoms with Crippen LogP contribution in [0.5, 0.6) is 0 Å². The molecule has 1 saturated heterocycles. The normalized spacial score (nSPS) is 22.4. The lowest BCUT2D eigenvalue weighted by atomic mass is 10.2. The van der Waals surface area contributed by atoms with Crippen LogP contribution in [0, 0.1) is 0 Å². The van der Waals surface area contributed by atoms with Crippen LogP contribution in [-0.4, -0.2) is 22.5 Å². The van der Waals surface area contributed by atoms with Gasteiger partial charge in [-0.05, 0) is 18.6 Å². The molecular weight excluding hydrogens is 186 g/mol. The fraction of sp³-hybridized carbons (Fsp3) is 0.750. The highest BCUT2D eigenvalue weighted by Crippen LogP contribution is 2.38. The molecule has 1 atom stereocenters. The highest BCUT2D eigenvalue weighted by Gasteiger charge is 2.22. The van der Waals surface area contributed by atoms with Gasteiger partial charge in [0, 0.05) is 13.0 Å². The predicted octanol–water partition coefficient (Wildman–Crippen LogP) is 1.14. The zero-order chi connectivity index (χ0) is 9.10. The van der Waals surface area contributed by atoms with Crippen LogP contribution in [0.2, 0.25) is 0 Å². The summed E-state index contributed by atoms with van der Waals surface area (Å²) in [7, 11) is 0. The molecule has 13 heavy (non-hydrogen) atoms. The van der Waals surface area contributed by atoms with Gasteiger partial charge < -0.3 is 10.2 Å². The predicted molar refractivity (Wildman–Crippen MR) is 51.5 cm³/mol. The van der Waals surface area contributed by atoms with Crippen LogP contribution in [0.25, 0.3) is 0 Å². The quantitative estimate of drug-likeness (QED) is 0.790. The first-order valence-electron chi connectivity index (χ1n) is 4.54. The van der Waals surface area contributed by atoms with Crippen molar-refractivity contribution >= 4 is 11.8 Å². The number of thioether (sulfide) groups is 1. The van der Waals surface area contributed by atoms with Crippen LogP contribution in [0.1, 0.15) is 29.9 Å². The monoisotopic (exact) mass is 199 g/mol. The van der Waals surface area contributed by atoms with Gasteiger partial charge in [-0.25, -0.2) is 0 Å². The van der Waals surface area contributed by atoms with E-state index < -0.39 is 0 Å². The first-order chi connectivity index (χ1) is 6.40. The minimum absolute atomic E-state index is 0.430. The Morgan fingerprint density at radius 2 is 2.46 bits per heavy atom. The summed E-state index contributed by atoms with van der Waals surface area (Å²) in [5, 5.41) is 8.39. The van der Waals surface area contributed by atoms with Crippen LogP contribution in [0.15, 0.2) is 4.42 Å². The third kappa shape index (κ3) is 2.03. The number of nitrogens with zero attached hydrogens (tertiary/aromatic N) is 2. The lowest BCUT2D eigenvalue weighted by molar-refractivity contribution is 0.445. The fourth-order valence-electron chi connectivity index (χ4n) is 1.39. The zero-order valence-corrected chi connectivity index (χ0v) is 8.22. The van der Waals surface area contributed by atoms with Crippen LogP contribution in [-0.2, 0) is 6.42 Å². The molecule has 1 unspecified atom stereocenters. The smallest absolute Gasteiger partial charge is 0.229 e. The van der Waals surface area contributed by atoms with Gasteiger partial charge >= 0.3 is 0 Å². The van der Waals surface area contributed by atoms with Crippen LogP contribution in [0.4, 0.5) is 0 Å². The molecule has 5 heteroatoms. The first-order valence-corrected chi connectivity index (χ1v) is 5.59. The van der Waals surface area contributed by atoms with Crippen molar-refractivity contribution in [2.45, 2.75) is 24.5 Å². The van der Waals surface area contributed by atoms with Crippen LogP contribution < -0.4 is 5.73 Å². The van der Waals surface area contributed by atoms with Crippen molar-refractivity contribution in [3.63, 3.8) is 0 Å². The van der Waals surface area contributed by atoms with Gasteiger partial charge in [0.05, 0.1) is 5.25 Å². The van der Waals surface area contributed by atoms with E-state index in [1.165, 1.54) is 12.2 Å². The molecule has 0 aromatic carbocycles. The molecule has 0 bridgehead atoms.